The van der Waals surface area contributed by atoms with Crippen molar-refractivity contribution in [1.29, 1.82) is 0 Å². The van der Waals surface area contributed by atoms with Crippen LogP contribution in [-0.2, 0) is 6.42 Å². The molecule has 0 unspecified atom stereocenters. The third-order valence-electron chi connectivity index (χ3n) is 2.83. The lowest BCUT2D eigenvalue weighted by Crippen LogP contribution is -2.04. The molecule has 0 saturated carbocycles. The van der Waals surface area contributed by atoms with Gasteiger partial charge in [0.15, 0.2) is 5.78 Å². The molecule has 2 aromatic rings. The molecule has 2 nitrogen and oxygen atoms in total. The van der Waals surface area contributed by atoms with Crippen LogP contribution in [0.3, 0.4) is 0 Å². The molecule has 0 amide bonds. The predicted molar refractivity (Wildman–Crippen MR) is 85.2 cm³/mol. The Morgan fingerprint density at radius 1 is 1.25 bits per heavy atom. The number of benzene rings is 2. The van der Waals surface area contributed by atoms with Crippen LogP contribution in [0.25, 0.3) is 0 Å². The number of ketones is 1. The normalized spacial score (nSPS) is 10.4. The monoisotopic (exact) mass is 372 g/mol. The van der Waals surface area contributed by atoms with Gasteiger partial charge in [-0.3, -0.25) is 4.79 Å². The maximum atomic E-state index is 12.3. The topological polar surface area (TPSA) is 26.3 Å². The van der Waals surface area contributed by atoms with E-state index in [4.69, 9.17) is 27.9 Å². The van der Waals surface area contributed by atoms with Gasteiger partial charge in [0.1, 0.15) is 5.75 Å². The van der Waals surface area contributed by atoms with Gasteiger partial charge < -0.3 is 4.74 Å². The van der Waals surface area contributed by atoms with Crippen molar-refractivity contribution in [2.24, 2.45) is 0 Å². The number of carbonyl (C=O) groups excluding carboxylic acids is 1. The quantitative estimate of drug-likeness (QED) is 0.689. The molecule has 0 fully saturated rings. The second-order valence-electron chi connectivity index (χ2n) is 4.17. The van der Waals surface area contributed by atoms with Gasteiger partial charge in [-0.05, 0) is 45.8 Å². The van der Waals surface area contributed by atoms with Gasteiger partial charge in [-0.15, -0.1) is 0 Å². The van der Waals surface area contributed by atoms with Crippen LogP contribution in [-0.4, -0.2) is 12.9 Å². The van der Waals surface area contributed by atoms with Crippen molar-refractivity contribution in [3.8, 4) is 5.75 Å². The SMILES string of the molecule is COc1ccc(CC(=O)c2cccc(Cl)c2Cl)cc1Br. The Hall–Kier alpha value is -1.03. The molecule has 0 atom stereocenters. The van der Waals surface area contributed by atoms with E-state index in [2.05, 4.69) is 15.9 Å². The Bertz CT molecular complexity index is 656. The number of ether oxygens (including phenoxy) is 1. The summed E-state index contributed by atoms with van der Waals surface area (Å²) in [6.07, 6.45) is 0.253. The molecular formula is C15H11BrCl2O2. The van der Waals surface area contributed by atoms with Crippen LogP contribution in [0.15, 0.2) is 40.9 Å². The van der Waals surface area contributed by atoms with Gasteiger partial charge in [-0.25, -0.2) is 0 Å². The van der Waals surface area contributed by atoms with E-state index in [1.807, 2.05) is 18.2 Å². The van der Waals surface area contributed by atoms with Crippen LogP contribution in [0.5, 0.6) is 5.75 Å². The van der Waals surface area contributed by atoms with Crippen LogP contribution >= 0.6 is 39.1 Å². The highest BCUT2D eigenvalue weighted by Gasteiger charge is 2.14. The lowest BCUT2D eigenvalue weighted by molar-refractivity contribution is 0.0993. The van der Waals surface area contributed by atoms with Crippen LogP contribution in [0.2, 0.25) is 10.0 Å². The highest BCUT2D eigenvalue weighted by molar-refractivity contribution is 9.10. The summed E-state index contributed by atoms with van der Waals surface area (Å²) in [5, 5.41) is 0.681. The Morgan fingerprint density at radius 3 is 2.65 bits per heavy atom. The van der Waals surface area contributed by atoms with Crippen molar-refractivity contribution in [2.75, 3.05) is 7.11 Å². The molecule has 2 rings (SSSR count). The molecule has 0 aliphatic carbocycles. The number of rotatable bonds is 4. The summed E-state index contributed by atoms with van der Waals surface area (Å²) in [5.74, 6) is 0.650. The van der Waals surface area contributed by atoms with Gasteiger partial charge in [0.2, 0.25) is 0 Å². The van der Waals surface area contributed by atoms with E-state index in [0.29, 0.717) is 15.6 Å². The van der Waals surface area contributed by atoms with Crippen LogP contribution in [0.4, 0.5) is 0 Å². The highest BCUT2D eigenvalue weighted by atomic mass is 79.9. The zero-order valence-electron chi connectivity index (χ0n) is 10.6. The molecule has 0 N–H and O–H groups in total. The van der Waals surface area contributed by atoms with Crippen LogP contribution in [0, 0.1) is 0 Å². The minimum atomic E-state index is -0.0745. The summed E-state index contributed by atoms with van der Waals surface area (Å²) in [7, 11) is 1.59. The number of Topliss-reactive ketones (excluding diaryl/α,β-unsaturated/α-hetero) is 1. The van der Waals surface area contributed by atoms with E-state index >= 15 is 0 Å². The van der Waals surface area contributed by atoms with E-state index in [1.54, 1.807) is 25.3 Å². The Labute approximate surface area is 135 Å². The number of hydrogen-bond donors (Lipinski definition) is 0. The first-order valence-corrected chi connectivity index (χ1v) is 7.37. The summed E-state index contributed by atoms with van der Waals surface area (Å²) in [6.45, 7) is 0. The number of carbonyl (C=O) groups is 1. The second-order valence-corrected chi connectivity index (χ2v) is 5.81. The standard InChI is InChI=1S/C15H11BrCl2O2/c1-20-14-6-5-9(7-11(14)16)8-13(19)10-3-2-4-12(17)15(10)18/h2-7H,8H2,1H3. The third-order valence-corrected chi connectivity index (χ3v) is 4.27. The van der Waals surface area contributed by atoms with Crippen LogP contribution < -0.4 is 4.74 Å². The van der Waals surface area contributed by atoms with E-state index in [0.717, 1.165) is 15.8 Å². The molecule has 0 aliphatic heterocycles. The maximum Gasteiger partial charge on any atom is 0.168 e. The average molecular weight is 374 g/mol. The van der Waals surface area contributed by atoms with Crippen molar-refractivity contribution in [1.82, 2.24) is 0 Å². The fourth-order valence-electron chi connectivity index (χ4n) is 1.82. The first-order chi connectivity index (χ1) is 9.52. The fraction of sp³-hybridized carbons (Fsp3) is 0.133. The number of hydrogen-bond acceptors (Lipinski definition) is 2. The zero-order chi connectivity index (χ0) is 14.7. The van der Waals surface area contributed by atoms with Gasteiger partial charge in [0, 0.05) is 12.0 Å². The van der Waals surface area contributed by atoms with Gasteiger partial charge in [0.05, 0.1) is 21.6 Å². The molecule has 0 bridgehead atoms. The number of methoxy groups -OCH3 is 1. The molecule has 104 valence electrons. The first kappa shape index (κ1) is 15.4. The molecule has 0 aromatic heterocycles. The van der Waals surface area contributed by atoms with Gasteiger partial charge >= 0.3 is 0 Å². The van der Waals surface area contributed by atoms with E-state index < -0.39 is 0 Å². The van der Waals surface area contributed by atoms with Crippen LogP contribution in [0.1, 0.15) is 15.9 Å². The van der Waals surface area contributed by atoms with Crippen molar-refractivity contribution < 1.29 is 9.53 Å². The second kappa shape index (κ2) is 6.61. The van der Waals surface area contributed by atoms with E-state index in [-0.39, 0.29) is 12.2 Å². The van der Waals surface area contributed by atoms with Gasteiger partial charge in [0.25, 0.3) is 0 Å². The summed E-state index contributed by atoms with van der Waals surface area (Å²) >= 11 is 15.4. The number of halogens is 3. The zero-order valence-corrected chi connectivity index (χ0v) is 13.7. The molecule has 5 heteroatoms. The summed E-state index contributed by atoms with van der Waals surface area (Å²) in [4.78, 5) is 12.3. The lowest BCUT2D eigenvalue weighted by atomic mass is 10.0. The summed E-state index contributed by atoms with van der Waals surface area (Å²) in [5.41, 5.74) is 1.31. The van der Waals surface area contributed by atoms with Crippen molar-refractivity contribution in [3.05, 3.63) is 62.0 Å². The minimum absolute atomic E-state index is 0.0745. The average Bonchev–Trinajstić information content (AvgIpc) is 2.42. The fourth-order valence-corrected chi connectivity index (χ4v) is 2.81. The molecule has 0 heterocycles. The molecule has 2 aromatic carbocycles. The highest BCUT2D eigenvalue weighted by Crippen LogP contribution is 2.28. The summed E-state index contributed by atoms with van der Waals surface area (Å²) < 4.78 is 5.96. The molecular weight excluding hydrogens is 363 g/mol. The largest absolute Gasteiger partial charge is 0.496 e. The Kier molecular flexibility index (Phi) is 5.08. The smallest absolute Gasteiger partial charge is 0.168 e. The van der Waals surface area contributed by atoms with Crippen molar-refractivity contribution in [3.63, 3.8) is 0 Å². The summed E-state index contributed by atoms with van der Waals surface area (Å²) in [6, 6.07) is 10.6. The maximum absolute atomic E-state index is 12.3. The Morgan fingerprint density at radius 2 is 2.00 bits per heavy atom. The Balaban J connectivity index is 2.24. The van der Waals surface area contributed by atoms with Crippen molar-refractivity contribution in [2.45, 2.75) is 6.42 Å². The third kappa shape index (κ3) is 3.35. The van der Waals surface area contributed by atoms with E-state index in [1.165, 1.54) is 0 Å². The molecule has 0 aliphatic rings. The molecule has 0 radical (unpaired) electrons. The lowest BCUT2D eigenvalue weighted by Gasteiger charge is -2.07. The minimum Gasteiger partial charge on any atom is -0.496 e. The molecule has 20 heavy (non-hydrogen) atoms. The predicted octanol–water partition coefficient (Wildman–Crippen LogP) is 5.19. The van der Waals surface area contributed by atoms with Gasteiger partial charge in [-0.2, -0.15) is 0 Å². The molecule has 0 spiro atoms. The first-order valence-electron chi connectivity index (χ1n) is 5.82. The van der Waals surface area contributed by atoms with E-state index in [9.17, 15) is 4.79 Å². The van der Waals surface area contributed by atoms with Crippen molar-refractivity contribution >= 4 is 44.9 Å². The van der Waals surface area contributed by atoms with Gasteiger partial charge in [-0.1, -0.05) is 35.3 Å². The molecule has 0 saturated heterocycles.